The molecular formula is C24H41N5O. The highest BCUT2D eigenvalue weighted by Crippen LogP contribution is 2.27. The van der Waals surface area contributed by atoms with Crippen LogP contribution >= 0.6 is 0 Å². The van der Waals surface area contributed by atoms with Crippen molar-refractivity contribution < 1.29 is 4.74 Å². The first-order valence-corrected chi connectivity index (χ1v) is 11.9. The van der Waals surface area contributed by atoms with Gasteiger partial charge in [-0.25, -0.2) is 0 Å². The summed E-state index contributed by atoms with van der Waals surface area (Å²) in [5.74, 6) is 1.85. The van der Waals surface area contributed by atoms with Gasteiger partial charge >= 0.3 is 0 Å². The Morgan fingerprint density at radius 3 is 2.37 bits per heavy atom. The fourth-order valence-electron chi connectivity index (χ4n) is 4.50. The number of benzene rings is 1. The SMILES string of the molecule is CCNC(=NCC(c1ccc(OC)cc1)N1CCCC1)NCCCCN1CCCC1. The van der Waals surface area contributed by atoms with E-state index in [1.807, 2.05) is 0 Å². The summed E-state index contributed by atoms with van der Waals surface area (Å²) in [5, 5.41) is 6.96. The van der Waals surface area contributed by atoms with Crippen LogP contribution in [0.5, 0.6) is 5.75 Å². The number of nitrogens with zero attached hydrogens (tertiary/aromatic N) is 3. The zero-order valence-corrected chi connectivity index (χ0v) is 19.0. The molecular weight excluding hydrogens is 374 g/mol. The number of likely N-dealkylation sites (tertiary alicyclic amines) is 2. The Morgan fingerprint density at radius 1 is 1.00 bits per heavy atom. The quantitative estimate of drug-likeness (QED) is 0.330. The molecule has 2 aliphatic rings. The summed E-state index contributed by atoms with van der Waals surface area (Å²) >= 11 is 0. The van der Waals surface area contributed by atoms with Crippen molar-refractivity contribution in [2.45, 2.75) is 51.5 Å². The molecule has 0 amide bonds. The van der Waals surface area contributed by atoms with Gasteiger partial charge in [-0.1, -0.05) is 12.1 Å². The van der Waals surface area contributed by atoms with Crippen molar-refractivity contribution >= 4 is 5.96 Å². The van der Waals surface area contributed by atoms with Gasteiger partial charge in [-0.2, -0.15) is 0 Å². The minimum Gasteiger partial charge on any atom is -0.497 e. The average molecular weight is 416 g/mol. The van der Waals surface area contributed by atoms with E-state index in [4.69, 9.17) is 9.73 Å². The lowest BCUT2D eigenvalue weighted by atomic mass is 10.1. The third-order valence-electron chi connectivity index (χ3n) is 6.24. The molecule has 0 radical (unpaired) electrons. The molecule has 2 aliphatic heterocycles. The van der Waals surface area contributed by atoms with Gasteiger partial charge in [0.05, 0.1) is 19.7 Å². The first kappa shape index (κ1) is 22.9. The minimum absolute atomic E-state index is 0.323. The molecule has 0 bridgehead atoms. The van der Waals surface area contributed by atoms with E-state index in [1.165, 1.54) is 63.7 Å². The molecule has 2 fully saturated rings. The summed E-state index contributed by atoms with van der Waals surface area (Å²) in [5.41, 5.74) is 1.32. The van der Waals surface area contributed by atoms with Gasteiger partial charge in [0.2, 0.25) is 0 Å². The highest BCUT2D eigenvalue weighted by Gasteiger charge is 2.23. The maximum absolute atomic E-state index is 5.34. The number of guanidine groups is 1. The van der Waals surface area contributed by atoms with E-state index >= 15 is 0 Å². The van der Waals surface area contributed by atoms with Crippen LogP contribution in [0.15, 0.2) is 29.3 Å². The molecule has 3 rings (SSSR count). The number of rotatable bonds is 11. The van der Waals surface area contributed by atoms with Crippen LogP contribution in [0.3, 0.4) is 0 Å². The van der Waals surface area contributed by atoms with Gasteiger partial charge in [0.15, 0.2) is 5.96 Å². The first-order chi connectivity index (χ1) is 14.8. The summed E-state index contributed by atoms with van der Waals surface area (Å²) in [6.07, 6.45) is 7.77. The third-order valence-corrected chi connectivity index (χ3v) is 6.24. The number of unbranched alkanes of at least 4 members (excludes halogenated alkanes) is 1. The van der Waals surface area contributed by atoms with Crippen molar-refractivity contribution in [1.29, 1.82) is 0 Å². The standard InChI is InChI=1S/C24H41N5O/c1-3-25-24(26-14-4-5-15-28-16-6-7-17-28)27-20-23(29-18-8-9-19-29)21-10-12-22(30-2)13-11-21/h10-13,23H,3-9,14-20H2,1-2H3,(H2,25,26,27). The van der Waals surface area contributed by atoms with Crippen LogP contribution in [-0.4, -0.2) is 75.2 Å². The summed E-state index contributed by atoms with van der Waals surface area (Å²) in [6, 6.07) is 8.83. The Kier molecular flexibility index (Phi) is 9.77. The maximum Gasteiger partial charge on any atom is 0.191 e. The highest BCUT2D eigenvalue weighted by atomic mass is 16.5. The molecule has 2 N–H and O–H groups in total. The number of methoxy groups -OCH3 is 1. The molecule has 0 aliphatic carbocycles. The van der Waals surface area contributed by atoms with Crippen LogP contribution in [0.4, 0.5) is 0 Å². The summed E-state index contributed by atoms with van der Waals surface area (Å²) < 4.78 is 5.34. The van der Waals surface area contributed by atoms with E-state index in [1.54, 1.807) is 7.11 Å². The molecule has 0 spiro atoms. The van der Waals surface area contributed by atoms with Crippen molar-refractivity contribution in [2.75, 3.05) is 59.5 Å². The van der Waals surface area contributed by atoms with Crippen LogP contribution in [0.2, 0.25) is 0 Å². The molecule has 2 heterocycles. The van der Waals surface area contributed by atoms with Crippen LogP contribution in [0.25, 0.3) is 0 Å². The lowest BCUT2D eigenvalue weighted by molar-refractivity contribution is 0.251. The lowest BCUT2D eigenvalue weighted by Crippen LogP contribution is -2.39. The van der Waals surface area contributed by atoms with Gasteiger partial charge in [0.1, 0.15) is 5.75 Å². The molecule has 1 atom stereocenters. The molecule has 0 aromatic heterocycles. The zero-order chi connectivity index (χ0) is 21.0. The second-order valence-electron chi connectivity index (χ2n) is 8.43. The topological polar surface area (TPSA) is 52.1 Å². The average Bonchev–Trinajstić information content (AvgIpc) is 3.48. The molecule has 0 saturated carbocycles. The molecule has 2 saturated heterocycles. The van der Waals surface area contributed by atoms with Gasteiger partial charge in [0, 0.05) is 13.1 Å². The number of nitrogens with one attached hydrogen (secondary N) is 2. The lowest BCUT2D eigenvalue weighted by Gasteiger charge is -2.27. The Labute approximate surface area is 183 Å². The van der Waals surface area contributed by atoms with Gasteiger partial charge in [-0.15, -0.1) is 0 Å². The van der Waals surface area contributed by atoms with Crippen molar-refractivity contribution in [3.63, 3.8) is 0 Å². The number of aliphatic imine (C=N–C) groups is 1. The van der Waals surface area contributed by atoms with E-state index in [0.717, 1.165) is 44.4 Å². The number of hydrogen-bond donors (Lipinski definition) is 2. The fraction of sp³-hybridized carbons (Fsp3) is 0.708. The molecule has 168 valence electrons. The van der Waals surface area contributed by atoms with Crippen molar-refractivity contribution in [2.24, 2.45) is 4.99 Å². The molecule has 1 aromatic rings. The van der Waals surface area contributed by atoms with Crippen LogP contribution in [0.1, 0.15) is 57.1 Å². The second kappa shape index (κ2) is 12.8. The minimum atomic E-state index is 0.323. The number of ether oxygens (including phenoxy) is 1. The third kappa shape index (κ3) is 7.17. The fourth-order valence-corrected chi connectivity index (χ4v) is 4.50. The Hall–Kier alpha value is -1.79. The zero-order valence-electron chi connectivity index (χ0n) is 19.0. The predicted octanol–water partition coefficient (Wildman–Crippen LogP) is 3.26. The Bertz CT molecular complexity index is 621. The van der Waals surface area contributed by atoms with Crippen LogP contribution in [0, 0.1) is 0 Å². The van der Waals surface area contributed by atoms with Crippen molar-refractivity contribution in [3.05, 3.63) is 29.8 Å². The van der Waals surface area contributed by atoms with Crippen molar-refractivity contribution in [3.8, 4) is 5.75 Å². The maximum atomic E-state index is 5.34. The van der Waals surface area contributed by atoms with Gasteiger partial charge in [-0.05, 0) is 95.9 Å². The van der Waals surface area contributed by atoms with Gasteiger partial charge in [-0.3, -0.25) is 9.89 Å². The molecule has 6 nitrogen and oxygen atoms in total. The highest BCUT2D eigenvalue weighted by molar-refractivity contribution is 5.79. The van der Waals surface area contributed by atoms with E-state index in [9.17, 15) is 0 Å². The van der Waals surface area contributed by atoms with Crippen LogP contribution < -0.4 is 15.4 Å². The Morgan fingerprint density at radius 2 is 1.70 bits per heavy atom. The van der Waals surface area contributed by atoms with Crippen molar-refractivity contribution in [1.82, 2.24) is 20.4 Å². The first-order valence-electron chi connectivity index (χ1n) is 11.9. The molecule has 1 unspecified atom stereocenters. The van der Waals surface area contributed by atoms with E-state index < -0.39 is 0 Å². The summed E-state index contributed by atoms with van der Waals surface area (Å²) in [7, 11) is 1.72. The van der Waals surface area contributed by atoms with E-state index in [-0.39, 0.29) is 0 Å². The Balaban J connectivity index is 1.53. The smallest absolute Gasteiger partial charge is 0.191 e. The van der Waals surface area contributed by atoms with E-state index in [0.29, 0.717) is 6.04 Å². The molecule has 6 heteroatoms. The monoisotopic (exact) mass is 415 g/mol. The normalized spacial score (nSPS) is 19.2. The van der Waals surface area contributed by atoms with Crippen LogP contribution in [-0.2, 0) is 0 Å². The summed E-state index contributed by atoms with van der Waals surface area (Å²) in [4.78, 5) is 10.1. The number of hydrogen-bond acceptors (Lipinski definition) is 4. The molecule has 1 aromatic carbocycles. The van der Waals surface area contributed by atoms with Gasteiger partial charge < -0.3 is 20.3 Å². The van der Waals surface area contributed by atoms with Gasteiger partial charge in [0.25, 0.3) is 0 Å². The second-order valence-corrected chi connectivity index (χ2v) is 8.43. The predicted molar refractivity (Wildman–Crippen MR) is 125 cm³/mol. The summed E-state index contributed by atoms with van der Waals surface area (Å²) in [6.45, 7) is 10.9. The largest absolute Gasteiger partial charge is 0.497 e. The van der Waals surface area contributed by atoms with E-state index in [2.05, 4.69) is 51.6 Å². The molecule has 30 heavy (non-hydrogen) atoms.